The van der Waals surface area contributed by atoms with Crippen LogP contribution in [0.4, 0.5) is 0 Å². The number of carboxylic acid groups (broad SMARTS) is 1. The van der Waals surface area contributed by atoms with Gasteiger partial charge in [-0.25, -0.2) is 4.79 Å². The van der Waals surface area contributed by atoms with Crippen molar-refractivity contribution in [2.45, 2.75) is 38.9 Å². The van der Waals surface area contributed by atoms with E-state index in [2.05, 4.69) is 15.9 Å². The summed E-state index contributed by atoms with van der Waals surface area (Å²) in [5.41, 5.74) is 0.584. The van der Waals surface area contributed by atoms with Crippen LogP contribution in [0.2, 0.25) is 0 Å². The third-order valence-corrected chi connectivity index (χ3v) is 3.01. The highest BCUT2D eigenvalue weighted by Crippen LogP contribution is 2.29. The zero-order valence-corrected chi connectivity index (χ0v) is 12.0. The number of aliphatic hydroxyl groups excluding tert-OH is 1. The molecule has 1 aromatic rings. The summed E-state index contributed by atoms with van der Waals surface area (Å²) in [4.78, 5) is 11.1. The van der Waals surface area contributed by atoms with Crippen molar-refractivity contribution in [1.29, 1.82) is 0 Å². The van der Waals surface area contributed by atoms with E-state index in [1.807, 2.05) is 6.92 Å². The van der Waals surface area contributed by atoms with Gasteiger partial charge in [0.25, 0.3) is 0 Å². The molecule has 100 valence electrons. The maximum atomic E-state index is 11.1. The minimum atomic E-state index is -0.992. The maximum Gasteiger partial charge on any atom is 0.344 e. The number of carboxylic acids is 1. The fraction of sp³-hybridized carbons (Fsp3) is 0.462. The highest BCUT2D eigenvalue weighted by atomic mass is 79.9. The van der Waals surface area contributed by atoms with E-state index in [-0.39, 0.29) is 0 Å². The van der Waals surface area contributed by atoms with E-state index in [0.717, 1.165) is 10.9 Å². The minimum absolute atomic E-state index is 0.403. The molecule has 0 aliphatic heterocycles. The predicted molar refractivity (Wildman–Crippen MR) is 71.7 cm³/mol. The van der Waals surface area contributed by atoms with Crippen LogP contribution in [-0.4, -0.2) is 22.3 Å². The number of hydrogen-bond donors (Lipinski definition) is 2. The molecule has 5 heteroatoms. The minimum Gasteiger partial charge on any atom is -0.479 e. The quantitative estimate of drug-likeness (QED) is 0.846. The number of ether oxygens (including phenoxy) is 1. The van der Waals surface area contributed by atoms with Crippen LogP contribution < -0.4 is 4.74 Å². The first-order valence-corrected chi connectivity index (χ1v) is 6.62. The van der Waals surface area contributed by atoms with Gasteiger partial charge in [0.05, 0.1) is 6.10 Å². The zero-order valence-electron chi connectivity index (χ0n) is 10.4. The third-order valence-electron chi connectivity index (χ3n) is 2.52. The Balaban J connectivity index is 3.00. The van der Waals surface area contributed by atoms with Gasteiger partial charge in [-0.3, -0.25) is 0 Å². The molecule has 0 spiro atoms. The lowest BCUT2D eigenvalue weighted by Gasteiger charge is -2.18. The van der Waals surface area contributed by atoms with Gasteiger partial charge in [-0.2, -0.15) is 0 Å². The van der Waals surface area contributed by atoms with Crippen LogP contribution in [0.5, 0.6) is 5.75 Å². The average molecular weight is 317 g/mol. The first-order chi connectivity index (χ1) is 8.45. The lowest BCUT2D eigenvalue weighted by Crippen LogP contribution is -2.27. The van der Waals surface area contributed by atoms with Gasteiger partial charge in [0, 0.05) is 10.0 Å². The fourth-order valence-electron chi connectivity index (χ4n) is 1.60. The Morgan fingerprint density at radius 2 is 2.17 bits per heavy atom. The Bertz CT molecular complexity index is 417. The van der Waals surface area contributed by atoms with Gasteiger partial charge >= 0.3 is 5.97 Å². The summed E-state index contributed by atoms with van der Waals surface area (Å²) in [6.07, 6.45) is -0.443. The van der Waals surface area contributed by atoms with E-state index in [9.17, 15) is 9.90 Å². The highest BCUT2D eigenvalue weighted by Gasteiger charge is 2.20. The molecule has 0 saturated heterocycles. The first kappa shape index (κ1) is 15.0. The number of halogens is 1. The van der Waals surface area contributed by atoms with Gasteiger partial charge in [0.2, 0.25) is 0 Å². The average Bonchev–Trinajstić information content (AvgIpc) is 2.28. The zero-order chi connectivity index (χ0) is 13.7. The molecule has 4 nitrogen and oxygen atoms in total. The summed E-state index contributed by atoms with van der Waals surface area (Å²) in [5, 5.41) is 18.7. The largest absolute Gasteiger partial charge is 0.479 e. The molecule has 0 aromatic heterocycles. The van der Waals surface area contributed by atoms with Crippen LogP contribution in [0.1, 0.15) is 38.4 Å². The summed E-state index contributed by atoms with van der Waals surface area (Å²) in [6, 6.07) is 5.17. The topological polar surface area (TPSA) is 66.8 Å². The molecular formula is C13H17BrO4. The monoisotopic (exact) mass is 316 g/mol. The number of benzene rings is 1. The number of aliphatic hydroxyl groups is 1. The van der Waals surface area contributed by atoms with Crippen molar-refractivity contribution in [1.82, 2.24) is 0 Å². The van der Waals surface area contributed by atoms with Crippen LogP contribution >= 0.6 is 15.9 Å². The van der Waals surface area contributed by atoms with Gasteiger partial charge in [0.1, 0.15) is 5.75 Å². The highest BCUT2D eigenvalue weighted by molar-refractivity contribution is 9.10. The van der Waals surface area contributed by atoms with Crippen molar-refractivity contribution in [3.05, 3.63) is 28.2 Å². The number of rotatable bonds is 6. The van der Waals surface area contributed by atoms with Gasteiger partial charge in [-0.15, -0.1) is 0 Å². The summed E-state index contributed by atoms with van der Waals surface area (Å²) < 4.78 is 6.28. The van der Waals surface area contributed by atoms with Crippen molar-refractivity contribution in [3.8, 4) is 5.75 Å². The van der Waals surface area contributed by atoms with Crippen LogP contribution in [0.3, 0.4) is 0 Å². The van der Waals surface area contributed by atoms with Crippen molar-refractivity contribution < 1.29 is 19.7 Å². The molecule has 0 aliphatic carbocycles. The smallest absolute Gasteiger partial charge is 0.344 e. The van der Waals surface area contributed by atoms with Crippen LogP contribution in [0.25, 0.3) is 0 Å². The Hall–Kier alpha value is -1.07. The Labute approximate surface area is 115 Å². The molecule has 1 unspecified atom stereocenters. The standard InChI is InChI=1S/C13H17BrO4/c1-3-4-11(13(16)17)18-12-7-9(14)5-6-10(12)8(2)15/h5-8,11,15H,3-4H2,1-2H3,(H,16,17)/t8-,11?/m0/s1. The van der Waals surface area contributed by atoms with Gasteiger partial charge < -0.3 is 14.9 Å². The Morgan fingerprint density at radius 1 is 1.50 bits per heavy atom. The number of carbonyl (C=O) groups is 1. The van der Waals surface area contributed by atoms with Gasteiger partial charge in [-0.1, -0.05) is 35.3 Å². The van der Waals surface area contributed by atoms with E-state index in [4.69, 9.17) is 9.84 Å². The number of hydrogen-bond acceptors (Lipinski definition) is 3. The maximum absolute atomic E-state index is 11.1. The molecule has 2 atom stereocenters. The Kier molecular flexibility index (Phi) is 5.62. The normalized spacial score (nSPS) is 14.0. The van der Waals surface area contributed by atoms with Crippen molar-refractivity contribution in [2.24, 2.45) is 0 Å². The van der Waals surface area contributed by atoms with Crippen molar-refractivity contribution in [2.75, 3.05) is 0 Å². The molecule has 0 aliphatic rings. The second-order valence-corrected chi connectivity index (χ2v) is 5.01. The Morgan fingerprint density at radius 3 is 2.67 bits per heavy atom. The molecular weight excluding hydrogens is 300 g/mol. The molecule has 0 radical (unpaired) electrons. The van der Waals surface area contributed by atoms with Crippen molar-refractivity contribution in [3.63, 3.8) is 0 Å². The third kappa shape index (κ3) is 3.99. The van der Waals surface area contributed by atoms with E-state index < -0.39 is 18.2 Å². The molecule has 1 aromatic carbocycles. The van der Waals surface area contributed by atoms with Gasteiger partial charge in [-0.05, 0) is 25.5 Å². The summed E-state index contributed by atoms with van der Waals surface area (Å²) in [5.74, 6) is -0.589. The predicted octanol–water partition coefficient (Wildman–Crippen LogP) is 3.13. The lowest BCUT2D eigenvalue weighted by atomic mass is 10.1. The molecule has 2 N–H and O–H groups in total. The summed E-state index contributed by atoms with van der Waals surface area (Å²) in [7, 11) is 0. The number of aliphatic carboxylic acids is 1. The summed E-state index contributed by atoms with van der Waals surface area (Å²) >= 11 is 3.30. The fourth-order valence-corrected chi connectivity index (χ4v) is 1.94. The van der Waals surface area contributed by atoms with Crippen LogP contribution in [0.15, 0.2) is 22.7 Å². The molecule has 1 rings (SSSR count). The molecule has 18 heavy (non-hydrogen) atoms. The van der Waals surface area contributed by atoms with E-state index in [1.54, 1.807) is 25.1 Å². The van der Waals surface area contributed by atoms with Crippen molar-refractivity contribution >= 4 is 21.9 Å². The second kappa shape index (κ2) is 6.75. The molecule has 0 fully saturated rings. The van der Waals surface area contributed by atoms with E-state index in [0.29, 0.717) is 17.7 Å². The first-order valence-electron chi connectivity index (χ1n) is 5.82. The lowest BCUT2D eigenvalue weighted by molar-refractivity contribution is -0.145. The SMILES string of the molecule is CCCC(Oc1cc(Br)ccc1[C@H](C)O)C(=O)O. The molecule has 0 bridgehead atoms. The molecule has 0 heterocycles. The second-order valence-electron chi connectivity index (χ2n) is 4.09. The molecule has 0 amide bonds. The molecule has 0 saturated carbocycles. The summed E-state index contributed by atoms with van der Waals surface area (Å²) in [6.45, 7) is 3.52. The van der Waals surface area contributed by atoms with E-state index in [1.165, 1.54) is 0 Å². The van der Waals surface area contributed by atoms with Crippen LogP contribution in [-0.2, 0) is 4.79 Å². The van der Waals surface area contributed by atoms with E-state index >= 15 is 0 Å². The van der Waals surface area contributed by atoms with Crippen LogP contribution in [0, 0.1) is 0 Å². The van der Waals surface area contributed by atoms with Gasteiger partial charge in [0.15, 0.2) is 6.10 Å².